The van der Waals surface area contributed by atoms with Gasteiger partial charge in [-0.25, -0.2) is 0 Å². The number of nitrogens with two attached hydrogens (primary N) is 1. The molecule has 0 rings (SSSR count). The van der Waals surface area contributed by atoms with Crippen LogP contribution in [0.1, 0.15) is 39.0 Å². The van der Waals surface area contributed by atoms with E-state index >= 15 is 0 Å². The normalized spacial score (nSPS) is 10.1. The van der Waals surface area contributed by atoms with E-state index in [-0.39, 0.29) is 12.5 Å². The molecule has 0 bridgehead atoms. The molecule has 0 aliphatic rings. The Balaban J connectivity index is 2.86. The molecule has 1 amide bonds. The van der Waals surface area contributed by atoms with E-state index in [9.17, 15) is 4.79 Å². The van der Waals surface area contributed by atoms with Crippen molar-refractivity contribution in [2.75, 3.05) is 13.2 Å². The van der Waals surface area contributed by atoms with Gasteiger partial charge in [-0.05, 0) is 6.42 Å². The van der Waals surface area contributed by atoms with Crippen molar-refractivity contribution in [1.82, 2.24) is 0 Å². The summed E-state index contributed by atoms with van der Waals surface area (Å²) in [4.78, 5) is 10.2. The number of hydrogen-bond acceptors (Lipinski definition) is 2. The van der Waals surface area contributed by atoms with E-state index < -0.39 is 0 Å². The topological polar surface area (TPSA) is 52.3 Å². The van der Waals surface area contributed by atoms with E-state index in [2.05, 4.69) is 6.92 Å². The van der Waals surface area contributed by atoms with Crippen molar-refractivity contribution < 1.29 is 9.53 Å². The summed E-state index contributed by atoms with van der Waals surface area (Å²) in [6.07, 6.45) is 6.02. The van der Waals surface area contributed by atoms with Crippen LogP contribution in [0.5, 0.6) is 0 Å². The Morgan fingerprint density at radius 1 is 1.25 bits per heavy atom. The third-order valence-electron chi connectivity index (χ3n) is 1.64. The number of hydrogen-bond donors (Lipinski definition) is 1. The van der Waals surface area contributed by atoms with Gasteiger partial charge in [0, 0.05) is 6.61 Å². The zero-order valence-electron chi connectivity index (χ0n) is 7.84. The van der Waals surface area contributed by atoms with Crippen LogP contribution in [-0.2, 0) is 9.53 Å². The summed E-state index contributed by atoms with van der Waals surface area (Å²) in [7, 11) is 0. The molecule has 2 N–H and O–H groups in total. The average Bonchev–Trinajstić information content (AvgIpc) is 2.02. The fourth-order valence-corrected chi connectivity index (χ4v) is 0.980. The van der Waals surface area contributed by atoms with Gasteiger partial charge in [0.15, 0.2) is 0 Å². The van der Waals surface area contributed by atoms with Gasteiger partial charge in [0.25, 0.3) is 0 Å². The zero-order chi connectivity index (χ0) is 9.23. The SMILES string of the molecule is CCCCCCCOCC(N)=O. The minimum Gasteiger partial charge on any atom is -0.372 e. The Kier molecular flexibility index (Phi) is 8.12. The monoisotopic (exact) mass is 173 g/mol. The third-order valence-corrected chi connectivity index (χ3v) is 1.64. The largest absolute Gasteiger partial charge is 0.372 e. The molecule has 72 valence electrons. The number of amides is 1. The number of ether oxygens (including phenoxy) is 1. The number of rotatable bonds is 8. The Hall–Kier alpha value is -0.570. The van der Waals surface area contributed by atoms with Crippen molar-refractivity contribution in [1.29, 1.82) is 0 Å². The number of carbonyl (C=O) groups excluding carboxylic acids is 1. The van der Waals surface area contributed by atoms with Crippen LogP contribution in [-0.4, -0.2) is 19.1 Å². The van der Waals surface area contributed by atoms with E-state index in [1.807, 2.05) is 0 Å². The number of carbonyl (C=O) groups is 1. The molecule has 0 unspecified atom stereocenters. The molecule has 0 radical (unpaired) electrons. The second-order valence-corrected chi connectivity index (χ2v) is 2.93. The van der Waals surface area contributed by atoms with Crippen LogP contribution in [0.15, 0.2) is 0 Å². The molecule has 0 spiro atoms. The highest BCUT2D eigenvalue weighted by Gasteiger charge is 1.93. The van der Waals surface area contributed by atoms with Crippen LogP contribution in [0, 0.1) is 0 Å². The van der Waals surface area contributed by atoms with E-state index in [0.29, 0.717) is 6.61 Å². The van der Waals surface area contributed by atoms with Crippen LogP contribution in [0.25, 0.3) is 0 Å². The zero-order valence-corrected chi connectivity index (χ0v) is 7.84. The second-order valence-electron chi connectivity index (χ2n) is 2.93. The predicted molar refractivity (Wildman–Crippen MR) is 48.8 cm³/mol. The number of primary amides is 1. The summed E-state index contributed by atoms with van der Waals surface area (Å²) in [5, 5.41) is 0. The molecular weight excluding hydrogens is 154 g/mol. The maximum atomic E-state index is 10.2. The third kappa shape index (κ3) is 9.43. The molecule has 0 aromatic carbocycles. The first-order valence-corrected chi connectivity index (χ1v) is 4.63. The molecule has 0 aliphatic carbocycles. The van der Waals surface area contributed by atoms with Gasteiger partial charge < -0.3 is 10.5 Å². The molecule has 12 heavy (non-hydrogen) atoms. The van der Waals surface area contributed by atoms with Gasteiger partial charge in [-0.2, -0.15) is 0 Å². The fraction of sp³-hybridized carbons (Fsp3) is 0.889. The number of unbranched alkanes of at least 4 members (excludes halogenated alkanes) is 4. The average molecular weight is 173 g/mol. The summed E-state index contributed by atoms with van der Waals surface area (Å²) >= 11 is 0. The van der Waals surface area contributed by atoms with Gasteiger partial charge in [-0.15, -0.1) is 0 Å². The molecule has 3 nitrogen and oxygen atoms in total. The van der Waals surface area contributed by atoms with E-state index in [0.717, 1.165) is 6.42 Å². The van der Waals surface area contributed by atoms with E-state index in [1.54, 1.807) is 0 Å². The lowest BCUT2D eigenvalue weighted by atomic mass is 10.2. The van der Waals surface area contributed by atoms with Crippen LogP contribution in [0.4, 0.5) is 0 Å². The summed E-state index contributed by atoms with van der Waals surface area (Å²) in [6, 6.07) is 0. The first-order chi connectivity index (χ1) is 5.77. The van der Waals surface area contributed by atoms with Gasteiger partial charge in [0.1, 0.15) is 6.61 Å². The highest BCUT2D eigenvalue weighted by atomic mass is 16.5. The molecule has 0 heterocycles. The summed E-state index contributed by atoms with van der Waals surface area (Å²) in [6.45, 7) is 2.91. The highest BCUT2D eigenvalue weighted by Crippen LogP contribution is 2.01. The van der Waals surface area contributed by atoms with Crippen molar-refractivity contribution in [2.45, 2.75) is 39.0 Å². The summed E-state index contributed by atoms with van der Waals surface area (Å²) in [5.41, 5.74) is 4.89. The lowest BCUT2D eigenvalue weighted by Gasteiger charge is -2.00. The first kappa shape index (κ1) is 11.4. The molecule has 0 saturated carbocycles. The van der Waals surface area contributed by atoms with Crippen LogP contribution in [0.2, 0.25) is 0 Å². The minimum absolute atomic E-state index is 0.0633. The lowest BCUT2D eigenvalue weighted by Crippen LogP contribution is -2.18. The van der Waals surface area contributed by atoms with E-state index in [4.69, 9.17) is 10.5 Å². The molecule has 0 saturated heterocycles. The summed E-state index contributed by atoms with van der Waals surface area (Å²) < 4.78 is 5.00. The highest BCUT2D eigenvalue weighted by molar-refractivity contribution is 5.74. The predicted octanol–water partition coefficient (Wildman–Crippen LogP) is 1.46. The van der Waals surface area contributed by atoms with Crippen LogP contribution in [0.3, 0.4) is 0 Å². The molecule has 3 heteroatoms. The molecule has 0 fully saturated rings. The summed E-state index contributed by atoms with van der Waals surface area (Å²) in [5.74, 6) is -0.386. The maximum absolute atomic E-state index is 10.2. The van der Waals surface area contributed by atoms with Crippen molar-refractivity contribution in [2.24, 2.45) is 5.73 Å². The van der Waals surface area contributed by atoms with Gasteiger partial charge in [0.05, 0.1) is 0 Å². The minimum atomic E-state index is -0.386. The van der Waals surface area contributed by atoms with Gasteiger partial charge in [-0.1, -0.05) is 32.6 Å². The molecule has 0 aromatic heterocycles. The van der Waals surface area contributed by atoms with Crippen molar-refractivity contribution in [3.05, 3.63) is 0 Å². The van der Waals surface area contributed by atoms with Gasteiger partial charge in [0.2, 0.25) is 5.91 Å². The molecule has 0 aromatic rings. The Morgan fingerprint density at radius 3 is 2.50 bits per heavy atom. The molecule has 0 atom stereocenters. The lowest BCUT2D eigenvalue weighted by molar-refractivity contribution is -0.122. The smallest absolute Gasteiger partial charge is 0.243 e. The van der Waals surface area contributed by atoms with Gasteiger partial charge >= 0.3 is 0 Å². The second kappa shape index (κ2) is 8.53. The Morgan fingerprint density at radius 2 is 1.92 bits per heavy atom. The van der Waals surface area contributed by atoms with Crippen molar-refractivity contribution >= 4 is 5.91 Å². The van der Waals surface area contributed by atoms with Crippen LogP contribution < -0.4 is 5.73 Å². The molecule has 0 aliphatic heterocycles. The fourth-order valence-electron chi connectivity index (χ4n) is 0.980. The molecular formula is C9H19NO2. The first-order valence-electron chi connectivity index (χ1n) is 4.63. The van der Waals surface area contributed by atoms with Crippen molar-refractivity contribution in [3.63, 3.8) is 0 Å². The van der Waals surface area contributed by atoms with Gasteiger partial charge in [-0.3, -0.25) is 4.79 Å². The Labute approximate surface area is 74.3 Å². The Bertz CT molecular complexity index is 115. The maximum Gasteiger partial charge on any atom is 0.243 e. The standard InChI is InChI=1S/C9H19NO2/c1-2-3-4-5-6-7-12-8-9(10)11/h2-8H2,1H3,(H2,10,11). The van der Waals surface area contributed by atoms with Crippen LogP contribution >= 0.6 is 0 Å². The van der Waals surface area contributed by atoms with E-state index in [1.165, 1.54) is 25.7 Å². The van der Waals surface area contributed by atoms with Crippen molar-refractivity contribution in [3.8, 4) is 0 Å². The quantitative estimate of drug-likeness (QED) is 0.565.